The first-order valence-corrected chi connectivity index (χ1v) is 12.9. The zero-order valence-electron chi connectivity index (χ0n) is 21.1. The largest absolute Gasteiger partial charge is 0.494 e. The summed E-state index contributed by atoms with van der Waals surface area (Å²) in [4.78, 5) is 37.3. The minimum atomic E-state index is -1.09. The third-order valence-electron chi connectivity index (χ3n) is 5.72. The molecule has 4 aromatic rings. The Balaban J connectivity index is 1.33. The van der Waals surface area contributed by atoms with Crippen molar-refractivity contribution in [3.05, 3.63) is 93.6 Å². The lowest BCUT2D eigenvalue weighted by molar-refractivity contribution is -0.158. The van der Waals surface area contributed by atoms with Crippen LogP contribution in [0.2, 0.25) is 0 Å². The lowest BCUT2D eigenvalue weighted by atomic mass is 10.0. The first-order chi connectivity index (χ1) is 17.8. The van der Waals surface area contributed by atoms with E-state index in [2.05, 4.69) is 0 Å². The number of carbonyl (C=O) groups is 2. The Labute approximate surface area is 219 Å². The summed E-state index contributed by atoms with van der Waals surface area (Å²) in [5.41, 5.74) is 0.900. The molecule has 0 aliphatic carbocycles. The highest BCUT2D eigenvalue weighted by molar-refractivity contribution is 7.16. The van der Waals surface area contributed by atoms with Crippen LogP contribution in [-0.4, -0.2) is 35.1 Å². The molecule has 0 unspecified atom stereocenters. The van der Waals surface area contributed by atoms with Crippen LogP contribution in [0, 0.1) is 0 Å². The Kier molecular flexibility index (Phi) is 8.08. The molecular formula is C29H29NO6S. The van der Waals surface area contributed by atoms with Gasteiger partial charge >= 0.3 is 10.8 Å². The second kappa shape index (κ2) is 11.4. The van der Waals surface area contributed by atoms with E-state index >= 15 is 0 Å². The lowest BCUT2D eigenvalue weighted by Crippen LogP contribution is -2.39. The summed E-state index contributed by atoms with van der Waals surface area (Å²) >= 11 is 1.14. The molecule has 4 rings (SSSR count). The van der Waals surface area contributed by atoms with Crippen molar-refractivity contribution >= 4 is 33.3 Å². The minimum absolute atomic E-state index is 0.0648. The number of thiazole rings is 1. The topological polar surface area (TPSA) is 83.8 Å². The molecule has 0 saturated heterocycles. The van der Waals surface area contributed by atoms with Crippen molar-refractivity contribution in [3.8, 4) is 11.5 Å². The average molecular weight is 520 g/mol. The molecule has 0 N–H and O–H groups in total. The van der Waals surface area contributed by atoms with E-state index in [4.69, 9.17) is 14.2 Å². The Hall–Kier alpha value is -3.91. The van der Waals surface area contributed by atoms with E-state index in [0.29, 0.717) is 48.8 Å². The summed E-state index contributed by atoms with van der Waals surface area (Å²) in [7, 11) is 0. The van der Waals surface area contributed by atoms with Crippen molar-refractivity contribution in [2.75, 3.05) is 13.2 Å². The maximum atomic E-state index is 12.7. The van der Waals surface area contributed by atoms with Crippen molar-refractivity contribution in [2.24, 2.45) is 0 Å². The van der Waals surface area contributed by atoms with E-state index in [1.165, 1.54) is 0 Å². The number of fused-ring (bicyclic) bond motifs is 1. The predicted octanol–water partition coefficient (Wildman–Crippen LogP) is 5.48. The van der Waals surface area contributed by atoms with Crippen molar-refractivity contribution < 1.29 is 23.8 Å². The quantitative estimate of drug-likeness (QED) is 0.148. The van der Waals surface area contributed by atoms with Gasteiger partial charge in [-0.05, 0) is 69.7 Å². The number of nitrogens with zero attached hydrogens (tertiary/aromatic N) is 1. The van der Waals surface area contributed by atoms with Gasteiger partial charge in [-0.3, -0.25) is 14.2 Å². The maximum Gasteiger partial charge on any atom is 0.349 e. The third-order valence-corrected chi connectivity index (χ3v) is 6.67. The molecule has 0 atom stereocenters. The van der Waals surface area contributed by atoms with Crippen LogP contribution >= 0.6 is 11.3 Å². The molecule has 0 radical (unpaired) electrons. The monoisotopic (exact) mass is 519 g/mol. The number of aromatic nitrogens is 1. The second-order valence-corrected chi connectivity index (χ2v) is 9.90. The van der Waals surface area contributed by atoms with E-state index < -0.39 is 11.6 Å². The molecule has 0 fully saturated rings. The number of ketones is 1. The van der Waals surface area contributed by atoms with Gasteiger partial charge in [0.1, 0.15) is 11.5 Å². The molecule has 0 aliphatic rings. The molecule has 0 aliphatic heterocycles. The number of hydrogen-bond acceptors (Lipinski definition) is 7. The van der Waals surface area contributed by atoms with Crippen LogP contribution in [0.3, 0.4) is 0 Å². The summed E-state index contributed by atoms with van der Waals surface area (Å²) in [6, 6.07) is 21.5. The second-order valence-electron chi connectivity index (χ2n) is 8.90. The van der Waals surface area contributed by atoms with Gasteiger partial charge in [0.15, 0.2) is 11.4 Å². The predicted molar refractivity (Wildman–Crippen MR) is 144 cm³/mol. The van der Waals surface area contributed by atoms with E-state index in [1.54, 1.807) is 73.9 Å². The Morgan fingerprint density at radius 2 is 1.62 bits per heavy atom. The van der Waals surface area contributed by atoms with Crippen LogP contribution < -0.4 is 14.3 Å². The maximum absolute atomic E-state index is 12.7. The van der Waals surface area contributed by atoms with Gasteiger partial charge in [-0.15, -0.1) is 0 Å². The lowest BCUT2D eigenvalue weighted by Gasteiger charge is -2.24. The highest BCUT2D eigenvalue weighted by atomic mass is 32.1. The van der Waals surface area contributed by atoms with Gasteiger partial charge in [0.05, 0.1) is 23.4 Å². The molecule has 1 heterocycles. The molecule has 1 aromatic heterocycles. The van der Waals surface area contributed by atoms with E-state index in [-0.39, 0.29) is 10.7 Å². The first-order valence-electron chi connectivity index (χ1n) is 12.1. The van der Waals surface area contributed by atoms with Crippen LogP contribution in [0.25, 0.3) is 10.2 Å². The van der Waals surface area contributed by atoms with Gasteiger partial charge in [-0.25, -0.2) is 4.79 Å². The van der Waals surface area contributed by atoms with Gasteiger partial charge in [0.2, 0.25) is 0 Å². The zero-order valence-corrected chi connectivity index (χ0v) is 21.9. The normalized spacial score (nSPS) is 11.3. The molecular weight excluding hydrogens is 490 g/mol. The van der Waals surface area contributed by atoms with E-state index in [1.807, 2.05) is 24.3 Å². The molecule has 0 bridgehead atoms. The SMILES string of the molecule is CCOC(=O)C(C)(C)Oc1ccc(OCCCn2c(=O)sc3cc(C(=O)c4ccccc4)ccc32)cc1. The molecule has 0 spiro atoms. The number of hydrogen-bond donors (Lipinski definition) is 0. The fourth-order valence-corrected chi connectivity index (χ4v) is 4.79. The van der Waals surface area contributed by atoms with E-state index in [0.717, 1.165) is 21.6 Å². The number of rotatable bonds is 11. The number of ether oxygens (including phenoxy) is 3. The van der Waals surface area contributed by atoms with Crippen LogP contribution in [-0.2, 0) is 16.1 Å². The summed E-state index contributed by atoms with van der Waals surface area (Å²) < 4.78 is 19.1. The van der Waals surface area contributed by atoms with Crippen molar-refractivity contribution in [3.63, 3.8) is 0 Å². The fraction of sp³-hybridized carbons (Fsp3) is 0.276. The Morgan fingerprint density at radius 3 is 2.32 bits per heavy atom. The fourth-order valence-electron chi connectivity index (χ4n) is 3.83. The minimum Gasteiger partial charge on any atom is -0.494 e. The van der Waals surface area contributed by atoms with Crippen LogP contribution in [0.15, 0.2) is 77.6 Å². The molecule has 7 nitrogen and oxygen atoms in total. The molecule has 192 valence electrons. The number of esters is 1. The number of aryl methyl sites for hydroxylation is 1. The Bertz CT molecular complexity index is 1440. The molecule has 3 aromatic carbocycles. The van der Waals surface area contributed by atoms with Gasteiger partial charge in [0.25, 0.3) is 0 Å². The third kappa shape index (κ3) is 6.27. The van der Waals surface area contributed by atoms with Crippen LogP contribution in [0.1, 0.15) is 43.1 Å². The molecule has 8 heteroatoms. The van der Waals surface area contributed by atoms with Crippen molar-refractivity contribution in [1.29, 1.82) is 0 Å². The van der Waals surface area contributed by atoms with Gasteiger partial charge in [-0.2, -0.15) is 0 Å². The first kappa shape index (κ1) is 26.2. The van der Waals surface area contributed by atoms with Crippen LogP contribution in [0.5, 0.6) is 11.5 Å². The summed E-state index contributed by atoms with van der Waals surface area (Å²) in [5, 5.41) is 0. The summed E-state index contributed by atoms with van der Waals surface area (Å²) in [6.45, 7) is 6.28. The smallest absolute Gasteiger partial charge is 0.349 e. The van der Waals surface area contributed by atoms with Crippen molar-refractivity contribution in [1.82, 2.24) is 4.57 Å². The average Bonchev–Trinajstić information content (AvgIpc) is 3.21. The molecule has 0 amide bonds. The summed E-state index contributed by atoms with van der Waals surface area (Å²) in [5.74, 6) is 0.703. The number of carbonyl (C=O) groups excluding carboxylic acids is 2. The van der Waals surface area contributed by atoms with Gasteiger partial charge < -0.3 is 14.2 Å². The van der Waals surface area contributed by atoms with Gasteiger partial charge in [-0.1, -0.05) is 41.7 Å². The number of benzene rings is 3. The van der Waals surface area contributed by atoms with Gasteiger partial charge in [0, 0.05) is 17.7 Å². The van der Waals surface area contributed by atoms with Crippen molar-refractivity contribution in [2.45, 2.75) is 39.3 Å². The summed E-state index contributed by atoms with van der Waals surface area (Å²) in [6.07, 6.45) is 0.630. The highest BCUT2D eigenvalue weighted by Gasteiger charge is 2.31. The standard InChI is InChI=1S/C29H29NO6S/c1-4-34-27(32)29(2,3)36-23-14-12-22(13-15-23)35-18-8-17-30-24-16-11-21(19-25(24)37-28(30)33)26(31)20-9-6-5-7-10-20/h5-7,9-16,19H,4,8,17-18H2,1-3H3. The Morgan fingerprint density at radius 1 is 0.919 bits per heavy atom. The van der Waals surface area contributed by atoms with Crippen LogP contribution in [0.4, 0.5) is 0 Å². The van der Waals surface area contributed by atoms with E-state index in [9.17, 15) is 14.4 Å². The molecule has 37 heavy (non-hydrogen) atoms. The highest BCUT2D eigenvalue weighted by Crippen LogP contribution is 2.24. The zero-order chi connectivity index (χ0) is 26.4. The molecule has 0 saturated carbocycles.